The Bertz CT molecular complexity index is 311. The summed E-state index contributed by atoms with van der Waals surface area (Å²) in [6.45, 7) is 5.41. The fourth-order valence-corrected chi connectivity index (χ4v) is 1.75. The van der Waals surface area contributed by atoms with E-state index in [0.29, 0.717) is 11.7 Å². The normalized spacial score (nSPS) is 10.4. The molecule has 4 heteroatoms. The predicted molar refractivity (Wildman–Crippen MR) is 58.0 cm³/mol. The first-order valence-corrected chi connectivity index (χ1v) is 5.73. The van der Waals surface area contributed by atoms with Crippen LogP contribution in [-0.2, 0) is 6.54 Å². The van der Waals surface area contributed by atoms with E-state index in [2.05, 4.69) is 29.5 Å². The molecule has 0 saturated heterocycles. The molecule has 0 unspecified atom stereocenters. The molecular weight excluding hydrogens is 194 g/mol. The van der Waals surface area contributed by atoms with Crippen LogP contribution in [0.3, 0.4) is 0 Å². The maximum absolute atomic E-state index is 8.47. The van der Waals surface area contributed by atoms with E-state index < -0.39 is 0 Å². The van der Waals surface area contributed by atoms with Gasteiger partial charge in [-0.15, -0.1) is 0 Å². The third kappa shape index (κ3) is 3.43. The highest BCUT2D eigenvalue weighted by atomic mass is 32.2. The molecular formula is C10H15N3S. The molecule has 0 spiro atoms. The molecule has 3 nitrogen and oxygen atoms in total. The van der Waals surface area contributed by atoms with E-state index in [1.165, 1.54) is 11.8 Å². The fraction of sp³-hybridized carbons (Fsp3) is 0.600. The molecule has 0 saturated carbocycles. The summed E-state index contributed by atoms with van der Waals surface area (Å²) in [5.41, 5.74) is 0. The molecule has 0 bridgehead atoms. The molecule has 0 atom stereocenters. The second kappa shape index (κ2) is 5.71. The largest absolute Gasteiger partial charge is 0.326 e. The summed E-state index contributed by atoms with van der Waals surface area (Å²) in [6, 6.07) is 2.11. The Labute approximate surface area is 89.1 Å². The van der Waals surface area contributed by atoms with E-state index in [-0.39, 0.29) is 0 Å². The van der Waals surface area contributed by atoms with Crippen LogP contribution in [0.2, 0.25) is 0 Å². The molecule has 1 aromatic heterocycles. The van der Waals surface area contributed by atoms with Crippen molar-refractivity contribution < 1.29 is 0 Å². The lowest BCUT2D eigenvalue weighted by atomic mass is 10.1. The number of nitrogens with zero attached hydrogens (tertiary/aromatic N) is 3. The first-order chi connectivity index (χ1) is 6.74. The van der Waals surface area contributed by atoms with Crippen LogP contribution in [0.1, 0.15) is 20.3 Å². The molecule has 0 N–H and O–H groups in total. The molecule has 76 valence electrons. The highest BCUT2D eigenvalue weighted by Gasteiger charge is 2.03. The fourth-order valence-electron chi connectivity index (χ4n) is 1.10. The van der Waals surface area contributed by atoms with Gasteiger partial charge < -0.3 is 4.57 Å². The van der Waals surface area contributed by atoms with E-state index >= 15 is 0 Å². The highest BCUT2D eigenvalue weighted by molar-refractivity contribution is 7.99. The van der Waals surface area contributed by atoms with Crippen molar-refractivity contribution in [2.75, 3.05) is 5.75 Å². The molecule has 0 aliphatic rings. The average molecular weight is 209 g/mol. The summed E-state index contributed by atoms with van der Waals surface area (Å²) < 4.78 is 2.11. The zero-order valence-corrected chi connectivity index (χ0v) is 9.42. The van der Waals surface area contributed by atoms with Gasteiger partial charge in [-0.2, -0.15) is 5.26 Å². The van der Waals surface area contributed by atoms with Gasteiger partial charge in [-0.05, 0) is 12.3 Å². The summed E-state index contributed by atoms with van der Waals surface area (Å²) in [7, 11) is 0. The van der Waals surface area contributed by atoms with Crippen LogP contribution >= 0.6 is 11.8 Å². The van der Waals surface area contributed by atoms with Gasteiger partial charge in [0.25, 0.3) is 0 Å². The van der Waals surface area contributed by atoms with Gasteiger partial charge in [-0.3, -0.25) is 0 Å². The summed E-state index contributed by atoms with van der Waals surface area (Å²) in [5.74, 6) is 1.17. The molecule has 1 aromatic rings. The molecule has 0 amide bonds. The summed E-state index contributed by atoms with van der Waals surface area (Å²) in [6.07, 6.45) is 4.92. The van der Waals surface area contributed by atoms with Crippen molar-refractivity contribution in [3.05, 3.63) is 12.4 Å². The Morgan fingerprint density at radius 2 is 2.43 bits per heavy atom. The van der Waals surface area contributed by atoms with Crippen LogP contribution in [0, 0.1) is 17.2 Å². The third-order valence-corrected chi connectivity index (χ3v) is 2.76. The minimum absolute atomic E-state index is 0.471. The second-order valence-corrected chi connectivity index (χ2v) is 4.48. The van der Waals surface area contributed by atoms with Gasteiger partial charge in [0, 0.05) is 18.9 Å². The van der Waals surface area contributed by atoms with Gasteiger partial charge >= 0.3 is 0 Å². The van der Waals surface area contributed by atoms with Crippen LogP contribution in [0.15, 0.2) is 17.6 Å². The summed E-state index contributed by atoms with van der Waals surface area (Å²) >= 11 is 1.50. The molecule has 1 heterocycles. The van der Waals surface area contributed by atoms with Gasteiger partial charge in [0.1, 0.15) is 0 Å². The lowest BCUT2D eigenvalue weighted by Gasteiger charge is -2.07. The third-order valence-electron chi connectivity index (χ3n) is 1.89. The van der Waals surface area contributed by atoms with Gasteiger partial charge in [-0.25, -0.2) is 4.98 Å². The molecule has 14 heavy (non-hydrogen) atoms. The number of aromatic nitrogens is 2. The Morgan fingerprint density at radius 1 is 1.64 bits per heavy atom. The van der Waals surface area contributed by atoms with Crippen molar-refractivity contribution in [1.82, 2.24) is 9.55 Å². The quantitative estimate of drug-likeness (QED) is 0.700. The van der Waals surface area contributed by atoms with E-state index in [9.17, 15) is 0 Å². The van der Waals surface area contributed by atoms with Crippen LogP contribution in [0.5, 0.6) is 0 Å². The maximum atomic E-state index is 8.47. The van der Waals surface area contributed by atoms with Crippen molar-refractivity contribution in [2.24, 2.45) is 5.92 Å². The van der Waals surface area contributed by atoms with Crippen LogP contribution in [-0.4, -0.2) is 15.3 Å². The number of thioether (sulfide) groups is 1. The van der Waals surface area contributed by atoms with Crippen LogP contribution in [0.25, 0.3) is 0 Å². The number of nitriles is 1. The Kier molecular flexibility index (Phi) is 4.54. The zero-order valence-electron chi connectivity index (χ0n) is 8.60. The van der Waals surface area contributed by atoms with Crippen LogP contribution in [0.4, 0.5) is 0 Å². The SMILES string of the molecule is CC(C)CCn1ccnc1SCC#N. The van der Waals surface area contributed by atoms with E-state index in [4.69, 9.17) is 5.26 Å². The van der Waals surface area contributed by atoms with E-state index in [0.717, 1.165) is 18.1 Å². The Balaban J connectivity index is 2.50. The number of imidazole rings is 1. The highest BCUT2D eigenvalue weighted by Crippen LogP contribution is 2.16. The lowest BCUT2D eigenvalue weighted by molar-refractivity contribution is 0.496. The molecule has 0 aliphatic heterocycles. The molecule has 0 aliphatic carbocycles. The van der Waals surface area contributed by atoms with Crippen molar-refractivity contribution in [3.8, 4) is 6.07 Å². The molecule has 0 aromatic carbocycles. The predicted octanol–water partition coefficient (Wildman–Crippen LogP) is 2.54. The smallest absolute Gasteiger partial charge is 0.168 e. The number of rotatable bonds is 5. The van der Waals surface area contributed by atoms with Crippen molar-refractivity contribution in [1.29, 1.82) is 5.26 Å². The lowest BCUT2D eigenvalue weighted by Crippen LogP contribution is -2.01. The monoisotopic (exact) mass is 209 g/mol. The zero-order chi connectivity index (χ0) is 10.4. The Hall–Kier alpha value is -0.950. The molecule has 0 radical (unpaired) electrons. The van der Waals surface area contributed by atoms with Crippen molar-refractivity contribution in [3.63, 3.8) is 0 Å². The van der Waals surface area contributed by atoms with Crippen LogP contribution < -0.4 is 0 Å². The first kappa shape index (κ1) is 11.1. The first-order valence-electron chi connectivity index (χ1n) is 4.75. The topological polar surface area (TPSA) is 41.6 Å². The van der Waals surface area contributed by atoms with Gasteiger partial charge in [0.15, 0.2) is 5.16 Å². The summed E-state index contributed by atoms with van der Waals surface area (Å²) in [5, 5.41) is 9.42. The van der Waals surface area contributed by atoms with E-state index in [1.807, 2.05) is 6.20 Å². The molecule has 1 rings (SSSR count). The minimum atomic E-state index is 0.471. The summed E-state index contributed by atoms with van der Waals surface area (Å²) in [4.78, 5) is 4.21. The van der Waals surface area contributed by atoms with Gasteiger partial charge in [0.2, 0.25) is 0 Å². The van der Waals surface area contributed by atoms with Crippen molar-refractivity contribution in [2.45, 2.75) is 32.0 Å². The average Bonchev–Trinajstić information content (AvgIpc) is 2.58. The maximum Gasteiger partial charge on any atom is 0.168 e. The van der Waals surface area contributed by atoms with E-state index in [1.54, 1.807) is 6.20 Å². The van der Waals surface area contributed by atoms with Crippen molar-refractivity contribution >= 4 is 11.8 Å². The number of hydrogen-bond acceptors (Lipinski definition) is 3. The molecule has 0 fully saturated rings. The number of aryl methyl sites for hydroxylation is 1. The van der Waals surface area contributed by atoms with Gasteiger partial charge in [-0.1, -0.05) is 25.6 Å². The Morgan fingerprint density at radius 3 is 3.07 bits per heavy atom. The minimum Gasteiger partial charge on any atom is -0.326 e. The standard InChI is InChI=1S/C10H15N3S/c1-9(2)3-6-13-7-5-12-10(13)14-8-4-11/h5,7,9H,3,6,8H2,1-2H3. The number of hydrogen-bond donors (Lipinski definition) is 0. The van der Waals surface area contributed by atoms with Gasteiger partial charge in [0.05, 0.1) is 11.8 Å². The second-order valence-electron chi connectivity index (χ2n) is 3.53.